The van der Waals surface area contributed by atoms with Gasteiger partial charge in [-0.3, -0.25) is 0 Å². The molecule has 0 aromatic carbocycles. The van der Waals surface area contributed by atoms with E-state index in [1.165, 1.54) is 0 Å². The van der Waals surface area contributed by atoms with Gasteiger partial charge in [-0.1, -0.05) is 0 Å². The molecule has 0 saturated carbocycles. The maximum atomic E-state index is 10.9. The van der Waals surface area contributed by atoms with Gasteiger partial charge in [-0.05, 0) is 12.8 Å². The Labute approximate surface area is 65.3 Å². The smallest absolute Gasteiger partial charge is 0.315 e. The molecule has 2 rings (SSSR count). The van der Waals surface area contributed by atoms with Crippen LogP contribution in [0.4, 0.5) is 4.79 Å². The van der Waals surface area contributed by atoms with Crippen LogP contribution >= 0.6 is 0 Å². The van der Waals surface area contributed by atoms with Gasteiger partial charge in [0, 0.05) is 0 Å². The van der Waals surface area contributed by atoms with Crippen LogP contribution < -0.4 is 5.73 Å². The van der Waals surface area contributed by atoms with Gasteiger partial charge in [0.2, 0.25) is 0 Å². The molecular formula is C7H12N2O2. The Morgan fingerprint density at radius 1 is 1.36 bits per heavy atom. The van der Waals surface area contributed by atoms with Crippen molar-refractivity contribution in [3.8, 4) is 0 Å². The number of hydrogen-bond acceptors (Lipinski definition) is 2. The normalized spacial score (nSPS) is 35.8. The van der Waals surface area contributed by atoms with E-state index in [2.05, 4.69) is 0 Å². The Balaban J connectivity index is 2.15. The number of urea groups is 1. The van der Waals surface area contributed by atoms with E-state index in [0.29, 0.717) is 13.2 Å². The quantitative estimate of drug-likeness (QED) is 0.533. The number of hydrogen-bond donors (Lipinski definition) is 1. The topological polar surface area (TPSA) is 55.6 Å². The minimum Gasteiger partial charge on any atom is -0.377 e. The van der Waals surface area contributed by atoms with Gasteiger partial charge in [-0.25, -0.2) is 4.79 Å². The summed E-state index contributed by atoms with van der Waals surface area (Å²) in [5.74, 6) is 0. The molecule has 0 radical (unpaired) electrons. The van der Waals surface area contributed by atoms with Crippen molar-refractivity contribution in [2.75, 3.05) is 13.2 Å². The third-order valence-electron chi connectivity index (χ3n) is 2.49. The molecule has 0 aromatic rings. The Morgan fingerprint density at radius 2 is 1.91 bits per heavy atom. The zero-order chi connectivity index (χ0) is 7.84. The van der Waals surface area contributed by atoms with Gasteiger partial charge in [0.1, 0.15) is 0 Å². The summed E-state index contributed by atoms with van der Waals surface area (Å²) in [6, 6.07) is 0.221. The molecule has 2 fully saturated rings. The van der Waals surface area contributed by atoms with Crippen LogP contribution in [0.1, 0.15) is 12.8 Å². The first kappa shape index (κ1) is 6.91. The first-order chi connectivity index (χ1) is 5.29. The van der Waals surface area contributed by atoms with Crippen molar-refractivity contribution < 1.29 is 9.53 Å². The molecular weight excluding hydrogens is 144 g/mol. The standard InChI is InChI=1S/C7H12N2O2/c8-7(10)9-5-1-2-6(9)4-11-3-5/h5-6H,1-4H2,(H2,8,10). The second-order valence-electron chi connectivity index (χ2n) is 3.17. The predicted molar refractivity (Wildman–Crippen MR) is 39.1 cm³/mol. The summed E-state index contributed by atoms with van der Waals surface area (Å²) in [5.41, 5.74) is 5.22. The zero-order valence-electron chi connectivity index (χ0n) is 6.32. The van der Waals surface area contributed by atoms with Gasteiger partial charge in [0.15, 0.2) is 0 Å². The lowest BCUT2D eigenvalue weighted by Gasteiger charge is -2.32. The summed E-state index contributed by atoms with van der Waals surface area (Å²) >= 11 is 0. The lowest BCUT2D eigenvalue weighted by molar-refractivity contribution is 0.00845. The van der Waals surface area contributed by atoms with E-state index in [0.717, 1.165) is 12.8 Å². The fourth-order valence-electron chi connectivity index (χ4n) is 1.99. The number of carbonyl (C=O) groups is 1. The third kappa shape index (κ3) is 0.976. The molecule has 0 aromatic heterocycles. The van der Waals surface area contributed by atoms with E-state index < -0.39 is 0 Å². The maximum absolute atomic E-state index is 10.9. The van der Waals surface area contributed by atoms with Crippen molar-refractivity contribution in [3.63, 3.8) is 0 Å². The summed E-state index contributed by atoms with van der Waals surface area (Å²) in [6.45, 7) is 1.33. The van der Waals surface area contributed by atoms with Crippen molar-refractivity contribution in [2.45, 2.75) is 24.9 Å². The number of amides is 2. The van der Waals surface area contributed by atoms with Crippen molar-refractivity contribution in [2.24, 2.45) is 5.73 Å². The largest absolute Gasteiger partial charge is 0.377 e. The monoisotopic (exact) mass is 156 g/mol. The highest BCUT2D eigenvalue weighted by Crippen LogP contribution is 2.27. The summed E-state index contributed by atoms with van der Waals surface area (Å²) < 4.78 is 5.29. The highest BCUT2D eigenvalue weighted by molar-refractivity contribution is 5.73. The molecule has 2 bridgehead atoms. The highest BCUT2D eigenvalue weighted by atomic mass is 16.5. The Hall–Kier alpha value is -0.770. The van der Waals surface area contributed by atoms with Crippen molar-refractivity contribution in [1.82, 2.24) is 4.90 Å². The van der Waals surface area contributed by atoms with E-state index >= 15 is 0 Å². The van der Waals surface area contributed by atoms with E-state index in [9.17, 15) is 4.79 Å². The first-order valence-corrected chi connectivity index (χ1v) is 3.94. The molecule has 2 N–H and O–H groups in total. The van der Waals surface area contributed by atoms with Gasteiger partial charge < -0.3 is 15.4 Å². The third-order valence-corrected chi connectivity index (χ3v) is 2.49. The Morgan fingerprint density at radius 3 is 2.27 bits per heavy atom. The molecule has 62 valence electrons. The van der Waals surface area contributed by atoms with Crippen LogP contribution in [0.25, 0.3) is 0 Å². The molecule has 2 amide bonds. The summed E-state index contributed by atoms with van der Waals surface area (Å²) in [4.78, 5) is 12.7. The van der Waals surface area contributed by atoms with Crippen molar-refractivity contribution in [1.29, 1.82) is 0 Å². The Bertz CT molecular complexity index is 167. The average Bonchev–Trinajstić information content (AvgIpc) is 2.23. The number of morpholine rings is 1. The van der Waals surface area contributed by atoms with Gasteiger partial charge in [-0.2, -0.15) is 0 Å². The molecule has 2 saturated heterocycles. The van der Waals surface area contributed by atoms with Gasteiger partial charge in [0.05, 0.1) is 25.3 Å². The van der Waals surface area contributed by atoms with Crippen LogP contribution in [0.2, 0.25) is 0 Å². The number of carbonyl (C=O) groups excluding carboxylic acids is 1. The van der Waals surface area contributed by atoms with E-state index in [1.807, 2.05) is 0 Å². The fraction of sp³-hybridized carbons (Fsp3) is 0.857. The number of nitrogens with two attached hydrogens (primary N) is 1. The van der Waals surface area contributed by atoms with Crippen molar-refractivity contribution in [3.05, 3.63) is 0 Å². The molecule has 0 aliphatic carbocycles. The Kier molecular flexibility index (Phi) is 1.49. The highest BCUT2D eigenvalue weighted by Gasteiger charge is 2.39. The lowest BCUT2D eigenvalue weighted by Crippen LogP contribution is -2.51. The number of nitrogens with zero attached hydrogens (tertiary/aromatic N) is 1. The maximum Gasteiger partial charge on any atom is 0.315 e. The fourth-order valence-corrected chi connectivity index (χ4v) is 1.99. The SMILES string of the molecule is NC(=O)N1C2CCC1COC2. The van der Waals surface area contributed by atoms with Crippen LogP contribution in [0.15, 0.2) is 0 Å². The molecule has 2 atom stereocenters. The second kappa shape index (κ2) is 2.37. The molecule has 4 heteroatoms. The van der Waals surface area contributed by atoms with E-state index in [-0.39, 0.29) is 18.1 Å². The number of rotatable bonds is 0. The predicted octanol–water partition coefficient (Wildman–Crippen LogP) is -0.0717. The second-order valence-corrected chi connectivity index (χ2v) is 3.17. The lowest BCUT2D eigenvalue weighted by atomic mass is 10.2. The molecule has 11 heavy (non-hydrogen) atoms. The number of ether oxygens (including phenoxy) is 1. The van der Waals surface area contributed by atoms with Crippen LogP contribution in [0.3, 0.4) is 0 Å². The van der Waals surface area contributed by atoms with Crippen LogP contribution in [0, 0.1) is 0 Å². The first-order valence-electron chi connectivity index (χ1n) is 3.94. The van der Waals surface area contributed by atoms with Crippen LogP contribution in [-0.2, 0) is 4.74 Å². The van der Waals surface area contributed by atoms with Crippen molar-refractivity contribution >= 4 is 6.03 Å². The minimum absolute atomic E-state index is 0.256. The molecule has 4 nitrogen and oxygen atoms in total. The summed E-state index contributed by atoms with van der Waals surface area (Å²) in [5, 5.41) is 0. The van der Waals surface area contributed by atoms with Crippen LogP contribution in [0.5, 0.6) is 0 Å². The molecule has 2 aliphatic heterocycles. The minimum atomic E-state index is -0.291. The number of fused-ring (bicyclic) bond motifs is 2. The summed E-state index contributed by atoms with van der Waals surface area (Å²) in [6.07, 6.45) is 2.10. The van der Waals surface area contributed by atoms with E-state index in [4.69, 9.17) is 10.5 Å². The summed E-state index contributed by atoms with van der Waals surface area (Å²) in [7, 11) is 0. The average molecular weight is 156 g/mol. The molecule has 2 aliphatic rings. The molecule has 2 unspecified atom stereocenters. The zero-order valence-corrected chi connectivity index (χ0v) is 6.32. The molecule has 0 spiro atoms. The van der Waals surface area contributed by atoms with Gasteiger partial charge >= 0.3 is 6.03 Å². The van der Waals surface area contributed by atoms with Crippen LogP contribution in [-0.4, -0.2) is 36.2 Å². The van der Waals surface area contributed by atoms with Gasteiger partial charge in [-0.15, -0.1) is 0 Å². The van der Waals surface area contributed by atoms with E-state index in [1.54, 1.807) is 4.90 Å². The van der Waals surface area contributed by atoms with Gasteiger partial charge in [0.25, 0.3) is 0 Å². The molecule has 2 heterocycles. The number of primary amides is 1.